The molecule has 2 nitrogen and oxygen atoms in total. The fourth-order valence-electron chi connectivity index (χ4n) is 1.63. The summed E-state index contributed by atoms with van der Waals surface area (Å²) in [4.78, 5) is 0. The van der Waals surface area contributed by atoms with E-state index in [4.69, 9.17) is 4.74 Å². The molecule has 0 amide bonds. The van der Waals surface area contributed by atoms with Crippen LogP contribution in [0.25, 0.3) is 0 Å². The van der Waals surface area contributed by atoms with Crippen LogP contribution in [0.5, 0.6) is 11.5 Å². The Bertz CT molecular complexity index is 600. The van der Waals surface area contributed by atoms with Gasteiger partial charge in [-0.25, -0.2) is 8.78 Å². The lowest BCUT2D eigenvalue weighted by atomic mass is 10.1. The van der Waals surface area contributed by atoms with Gasteiger partial charge in [0.1, 0.15) is 0 Å². The van der Waals surface area contributed by atoms with Crippen LogP contribution in [0.4, 0.5) is 8.78 Å². The quantitative estimate of drug-likeness (QED) is 0.894. The van der Waals surface area contributed by atoms with E-state index in [1.807, 2.05) is 0 Å². The highest BCUT2D eigenvalue weighted by Crippen LogP contribution is 2.34. The molecule has 1 N–H and O–H groups in total. The first-order valence-electron chi connectivity index (χ1n) is 5.58. The Hall–Kier alpha value is -1.46. The summed E-state index contributed by atoms with van der Waals surface area (Å²) >= 11 is 3.19. The molecule has 0 saturated heterocycles. The molecular formula is C14H11BrF2O2. The zero-order valence-corrected chi connectivity index (χ0v) is 11.6. The highest BCUT2D eigenvalue weighted by Gasteiger charge is 2.16. The number of aliphatic hydroxyl groups is 1. The van der Waals surface area contributed by atoms with Crippen molar-refractivity contribution in [1.29, 1.82) is 0 Å². The molecule has 1 atom stereocenters. The second kappa shape index (κ2) is 5.67. The Balaban J connectivity index is 2.46. The molecule has 0 heterocycles. The predicted molar refractivity (Wildman–Crippen MR) is 71.2 cm³/mol. The average molecular weight is 329 g/mol. The van der Waals surface area contributed by atoms with E-state index < -0.39 is 17.7 Å². The maximum Gasteiger partial charge on any atom is 0.168 e. The van der Waals surface area contributed by atoms with E-state index in [0.717, 1.165) is 0 Å². The second-order valence-corrected chi connectivity index (χ2v) is 4.93. The Morgan fingerprint density at radius 2 is 1.89 bits per heavy atom. The minimum atomic E-state index is -0.916. The van der Waals surface area contributed by atoms with Gasteiger partial charge in [0.25, 0.3) is 0 Å². The third-order valence-corrected chi connectivity index (χ3v) is 3.05. The Morgan fingerprint density at radius 1 is 1.16 bits per heavy atom. The molecule has 0 aliphatic heterocycles. The lowest BCUT2D eigenvalue weighted by Crippen LogP contribution is -1.99. The number of benzene rings is 2. The molecule has 0 aromatic heterocycles. The zero-order chi connectivity index (χ0) is 14.0. The normalized spacial score (nSPS) is 12.3. The van der Waals surface area contributed by atoms with Crippen molar-refractivity contribution < 1.29 is 18.6 Å². The summed E-state index contributed by atoms with van der Waals surface area (Å²) in [6.07, 6.45) is -0.916. The predicted octanol–water partition coefficient (Wildman–Crippen LogP) is 4.57. The summed E-state index contributed by atoms with van der Waals surface area (Å²) in [7, 11) is 0. The van der Waals surface area contributed by atoms with Crippen LogP contribution in [0, 0.1) is 11.6 Å². The number of hydrogen-bond acceptors (Lipinski definition) is 2. The number of ether oxygens (including phenoxy) is 1. The minimum absolute atomic E-state index is 0.110. The van der Waals surface area contributed by atoms with E-state index in [2.05, 4.69) is 15.9 Å². The largest absolute Gasteiger partial charge is 0.451 e. The van der Waals surface area contributed by atoms with Crippen LogP contribution in [0.3, 0.4) is 0 Å². The summed E-state index contributed by atoms with van der Waals surface area (Å²) < 4.78 is 33.2. The van der Waals surface area contributed by atoms with E-state index in [9.17, 15) is 13.9 Å². The molecule has 0 radical (unpaired) electrons. The summed E-state index contributed by atoms with van der Waals surface area (Å²) in [6, 6.07) is 8.30. The van der Waals surface area contributed by atoms with Crippen molar-refractivity contribution in [1.82, 2.24) is 0 Å². The van der Waals surface area contributed by atoms with Crippen molar-refractivity contribution in [3.8, 4) is 11.5 Å². The first-order valence-corrected chi connectivity index (χ1v) is 6.37. The van der Waals surface area contributed by atoms with E-state index >= 15 is 0 Å². The van der Waals surface area contributed by atoms with Crippen molar-refractivity contribution in [2.45, 2.75) is 13.0 Å². The van der Waals surface area contributed by atoms with Gasteiger partial charge in [-0.3, -0.25) is 0 Å². The summed E-state index contributed by atoms with van der Waals surface area (Å²) in [5.74, 6) is -1.54. The molecule has 0 fully saturated rings. The van der Waals surface area contributed by atoms with Crippen LogP contribution in [0.2, 0.25) is 0 Å². The fourth-order valence-corrected chi connectivity index (χ4v) is 1.97. The number of rotatable bonds is 3. The van der Waals surface area contributed by atoms with Gasteiger partial charge in [0.2, 0.25) is 0 Å². The second-order valence-electron chi connectivity index (χ2n) is 4.01. The van der Waals surface area contributed by atoms with E-state index in [1.54, 1.807) is 0 Å². The molecule has 0 unspecified atom stereocenters. The van der Waals surface area contributed by atoms with E-state index in [0.29, 0.717) is 4.47 Å². The summed E-state index contributed by atoms with van der Waals surface area (Å²) in [5.41, 5.74) is 0.263. The SMILES string of the molecule is C[C@H](O)c1cccc(F)c1Oc1cc(Br)ccc1F. The highest BCUT2D eigenvalue weighted by molar-refractivity contribution is 9.10. The first-order chi connectivity index (χ1) is 8.99. The van der Waals surface area contributed by atoms with Gasteiger partial charge in [0.15, 0.2) is 23.1 Å². The van der Waals surface area contributed by atoms with Crippen molar-refractivity contribution in [3.05, 3.63) is 58.1 Å². The van der Waals surface area contributed by atoms with Crippen molar-refractivity contribution in [2.24, 2.45) is 0 Å². The number of para-hydroxylation sites is 1. The van der Waals surface area contributed by atoms with Crippen LogP contribution < -0.4 is 4.74 Å². The molecule has 19 heavy (non-hydrogen) atoms. The van der Waals surface area contributed by atoms with Crippen LogP contribution >= 0.6 is 15.9 Å². The minimum Gasteiger partial charge on any atom is -0.451 e. The van der Waals surface area contributed by atoms with Crippen LogP contribution in [0.15, 0.2) is 40.9 Å². The van der Waals surface area contributed by atoms with Gasteiger partial charge in [-0.05, 0) is 31.2 Å². The van der Waals surface area contributed by atoms with Crippen LogP contribution in [-0.2, 0) is 0 Å². The molecule has 0 saturated carbocycles. The molecule has 0 spiro atoms. The van der Waals surface area contributed by atoms with E-state index in [-0.39, 0.29) is 17.1 Å². The van der Waals surface area contributed by atoms with Gasteiger partial charge < -0.3 is 9.84 Å². The van der Waals surface area contributed by atoms with E-state index in [1.165, 1.54) is 43.3 Å². The van der Waals surface area contributed by atoms with Gasteiger partial charge in [0.05, 0.1) is 6.10 Å². The smallest absolute Gasteiger partial charge is 0.168 e. The monoisotopic (exact) mass is 328 g/mol. The fraction of sp³-hybridized carbons (Fsp3) is 0.143. The Kier molecular flexibility index (Phi) is 4.17. The lowest BCUT2D eigenvalue weighted by molar-refractivity contribution is 0.194. The van der Waals surface area contributed by atoms with Crippen molar-refractivity contribution in [2.75, 3.05) is 0 Å². The van der Waals surface area contributed by atoms with Crippen LogP contribution in [0.1, 0.15) is 18.6 Å². The molecule has 100 valence electrons. The lowest BCUT2D eigenvalue weighted by Gasteiger charge is -2.14. The van der Waals surface area contributed by atoms with Crippen molar-refractivity contribution in [3.63, 3.8) is 0 Å². The topological polar surface area (TPSA) is 29.5 Å². The maximum atomic E-state index is 13.8. The third kappa shape index (κ3) is 3.11. The molecule has 2 aromatic carbocycles. The van der Waals surface area contributed by atoms with Gasteiger partial charge >= 0.3 is 0 Å². The Morgan fingerprint density at radius 3 is 2.58 bits per heavy atom. The maximum absolute atomic E-state index is 13.8. The molecule has 5 heteroatoms. The van der Waals surface area contributed by atoms with Crippen LogP contribution in [-0.4, -0.2) is 5.11 Å². The van der Waals surface area contributed by atoms with Gasteiger partial charge in [-0.1, -0.05) is 28.1 Å². The molecule has 0 bridgehead atoms. The number of hydrogen-bond donors (Lipinski definition) is 1. The molecule has 0 aliphatic rings. The third-order valence-electron chi connectivity index (χ3n) is 2.55. The Labute approximate surface area is 117 Å². The summed E-state index contributed by atoms with van der Waals surface area (Å²) in [6.45, 7) is 1.49. The summed E-state index contributed by atoms with van der Waals surface area (Å²) in [5, 5.41) is 9.58. The van der Waals surface area contributed by atoms with Gasteiger partial charge in [-0.15, -0.1) is 0 Å². The molecular weight excluding hydrogens is 318 g/mol. The van der Waals surface area contributed by atoms with Gasteiger partial charge in [-0.2, -0.15) is 0 Å². The van der Waals surface area contributed by atoms with Crippen molar-refractivity contribution >= 4 is 15.9 Å². The molecule has 2 aromatic rings. The first kappa shape index (κ1) is 14.0. The number of halogens is 3. The number of aliphatic hydroxyl groups excluding tert-OH is 1. The highest BCUT2D eigenvalue weighted by atomic mass is 79.9. The zero-order valence-electron chi connectivity index (χ0n) is 10.0. The average Bonchev–Trinajstić information content (AvgIpc) is 2.35. The molecule has 0 aliphatic carbocycles. The van der Waals surface area contributed by atoms with Gasteiger partial charge in [0, 0.05) is 10.0 Å². The standard InChI is InChI=1S/C14H11BrF2O2/c1-8(18)10-3-2-4-12(17)14(10)19-13-7-9(15)5-6-11(13)16/h2-8,18H,1H3/t8-/m0/s1. The molecule has 2 rings (SSSR count).